The lowest BCUT2D eigenvalue weighted by atomic mass is 10.0. The summed E-state index contributed by atoms with van der Waals surface area (Å²) >= 11 is 0. The van der Waals surface area contributed by atoms with Crippen LogP contribution in [0.15, 0.2) is 70.3 Å². The Hall–Kier alpha value is -3.66. The number of carbonyl (C=O) groups is 1. The lowest BCUT2D eigenvalue weighted by Gasteiger charge is -2.20. The van der Waals surface area contributed by atoms with Crippen LogP contribution in [0, 0.1) is 17.5 Å². The highest BCUT2D eigenvalue weighted by atomic mass is 32.2. The van der Waals surface area contributed by atoms with Gasteiger partial charge in [-0.05, 0) is 42.0 Å². The number of aromatic nitrogens is 1. The smallest absolute Gasteiger partial charge is 0.267 e. The topological polar surface area (TPSA) is 103 Å². The summed E-state index contributed by atoms with van der Waals surface area (Å²) in [4.78, 5) is 14.7. The number of rotatable bonds is 5. The van der Waals surface area contributed by atoms with Gasteiger partial charge in [-0.3, -0.25) is 9.78 Å². The minimum Gasteiger partial charge on any atom is -0.464 e. The van der Waals surface area contributed by atoms with Gasteiger partial charge < -0.3 is 10.2 Å². The van der Waals surface area contributed by atoms with Gasteiger partial charge in [0.2, 0.25) is 0 Å². The van der Waals surface area contributed by atoms with Gasteiger partial charge in [-0.25, -0.2) is 21.6 Å². The van der Waals surface area contributed by atoms with Gasteiger partial charge >= 0.3 is 0 Å². The summed E-state index contributed by atoms with van der Waals surface area (Å²) in [5.74, 6) is -5.20. The number of fused-ring (bicyclic) bond motifs is 1. The van der Waals surface area contributed by atoms with Crippen LogP contribution in [0.1, 0.15) is 26.9 Å². The van der Waals surface area contributed by atoms with E-state index in [9.17, 15) is 26.4 Å². The summed E-state index contributed by atoms with van der Waals surface area (Å²) in [5.41, 5.74) is 4.00. The number of carbonyl (C=O) groups excluding carboxylic acids is 1. The van der Waals surface area contributed by atoms with Crippen LogP contribution in [0.5, 0.6) is 0 Å². The first kappa shape index (κ1) is 20.6. The maximum absolute atomic E-state index is 14.7. The molecule has 31 heavy (non-hydrogen) atoms. The number of furan rings is 1. The first-order chi connectivity index (χ1) is 14.7. The van der Waals surface area contributed by atoms with Crippen molar-refractivity contribution in [3.8, 4) is 0 Å². The highest BCUT2D eigenvalue weighted by molar-refractivity contribution is 7.92. The van der Waals surface area contributed by atoms with Gasteiger partial charge in [-0.1, -0.05) is 6.07 Å². The predicted molar refractivity (Wildman–Crippen MR) is 104 cm³/mol. The summed E-state index contributed by atoms with van der Waals surface area (Å²) in [5, 5.41) is -1.38. The second-order valence-electron chi connectivity index (χ2n) is 6.64. The largest absolute Gasteiger partial charge is 0.464 e. The molecule has 10 heteroatoms. The molecule has 4 aromatic rings. The molecule has 4 rings (SSSR count). The quantitative estimate of drug-likeness (QED) is 0.468. The van der Waals surface area contributed by atoms with Crippen molar-refractivity contribution >= 4 is 26.7 Å². The van der Waals surface area contributed by atoms with Crippen LogP contribution in [0.25, 0.3) is 11.0 Å². The van der Waals surface area contributed by atoms with Gasteiger partial charge in [0, 0.05) is 23.2 Å². The molecule has 0 bridgehead atoms. The number of nitrogens with two attached hydrogens (primary N) is 1. The van der Waals surface area contributed by atoms with E-state index in [2.05, 4.69) is 4.98 Å². The van der Waals surface area contributed by atoms with Crippen LogP contribution in [0.2, 0.25) is 0 Å². The Morgan fingerprint density at radius 1 is 1.00 bits per heavy atom. The van der Waals surface area contributed by atoms with Gasteiger partial charge in [-0.2, -0.15) is 0 Å². The van der Waals surface area contributed by atoms with E-state index < -0.39 is 44.0 Å². The van der Waals surface area contributed by atoms with Gasteiger partial charge in [0.05, 0.1) is 11.2 Å². The number of halogens is 3. The average Bonchev–Trinajstić information content (AvgIpc) is 3.22. The SMILES string of the molecule is NC(=O)c1ccc(C(c2c(F)ccc(F)c2F)S(=O)(=O)c2ccc3ccoc3c2)cn1. The zero-order valence-corrected chi connectivity index (χ0v) is 16.4. The molecule has 6 nitrogen and oxygen atoms in total. The van der Waals surface area contributed by atoms with Crippen LogP contribution >= 0.6 is 0 Å². The predicted octanol–water partition coefficient (Wildman–Crippen LogP) is 3.91. The number of sulfone groups is 1. The summed E-state index contributed by atoms with van der Waals surface area (Å²) in [6.45, 7) is 0. The van der Waals surface area contributed by atoms with Crippen molar-refractivity contribution in [3.05, 3.63) is 95.3 Å². The monoisotopic (exact) mass is 446 g/mol. The second-order valence-corrected chi connectivity index (χ2v) is 8.68. The Kier molecular flexibility index (Phi) is 5.02. The molecule has 2 N–H and O–H groups in total. The third-order valence-corrected chi connectivity index (χ3v) is 6.79. The number of amides is 1. The lowest BCUT2D eigenvalue weighted by molar-refractivity contribution is 0.0995. The number of pyridine rings is 1. The lowest BCUT2D eigenvalue weighted by Crippen LogP contribution is -2.20. The molecule has 0 spiro atoms. The third kappa shape index (κ3) is 3.55. The van der Waals surface area contributed by atoms with E-state index in [-0.39, 0.29) is 21.7 Å². The van der Waals surface area contributed by atoms with Gasteiger partial charge in [0.1, 0.15) is 22.3 Å². The fourth-order valence-corrected chi connectivity index (χ4v) is 5.06. The van der Waals surface area contributed by atoms with Crippen molar-refractivity contribution in [2.24, 2.45) is 5.73 Å². The van der Waals surface area contributed by atoms with Crippen molar-refractivity contribution in [1.29, 1.82) is 0 Å². The molecule has 0 fully saturated rings. The van der Waals surface area contributed by atoms with Crippen molar-refractivity contribution < 1.29 is 30.8 Å². The van der Waals surface area contributed by atoms with Gasteiger partial charge in [0.15, 0.2) is 21.5 Å². The van der Waals surface area contributed by atoms with Crippen molar-refractivity contribution in [2.45, 2.75) is 10.1 Å². The maximum Gasteiger partial charge on any atom is 0.267 e. The summed E-state index contributed by atoms with van der Waals surface area (Å²) in [7, 11) is -4.53. The first-order valence-corrected chi connectivity index (χ1v) is 10.3. The van der Waals surface area contributed by atoms with Gasteiger partial charge in [-0.15, -0.1) is 0 Å². The minimum absolute atomic E-state index is 0.183. The number of hydrogen-bond donors (Lipinski definition) is 1. The van der Waals surface area contributed by atoms with E-state index in [0.717, 1.165) is 18.3 Å². The normalized spacial score (nSPS) is 12.7. The summed E-state index contributed by atoms with van der Waals surface area (Å²) in [6.07, 6.45) is 2.31. The van der Waals surface area contributed by atoms with Crippen molar-refractivity contribution in [1.82, 2.24) is 4.98 Å². The highest BCUT2D eigenvalue weighted by Gasteiger charge is 2.37. The van der Waals surface area contributed by atoms with Gasteiger partial charge in [0.25, 0.3) is 5.91 Å². The average molecular weight is 446 g/mol. The molecule has 2 heterocycles. The molecule has 2 aromatic carbocycles. The second kappa shape index (κ2) is 7.55. The molecule has 0 aliphatic carbocycles. The van der Waals surface area contributed by atoms with E-state index in [4.69, 9.17) is 10.2 Å². The molecule has 1 atom stereocenters. The Morgan fingerprint density at radius 2 is 1.74 bits per heavy atom. The minimum atomic E-state index is -4.53. The molecule has 0 saturated carbocycles. The zero-order valence-electron chi connectivity index (χ0n) is 15.6. The Labute approximate surface area is 174 Å². The van der Waals surface area contributed by atoms with Crippen LogP contribution < -0.4 is 5.73 Å². The standard InChI is InChI=1S/C21H13F3N2O4S/c22-14-4-5-15(23)19(24)18(14)20(12-2-6-16(21(25)27)26-10-12)31(28,29)13-3-1-11-7-8-30-17(11)9-13/h1-10,20H,(H2,25,27). The number of nitrogens with zero attached hydrogens (tertiary/aromatic N) is 1. The van der Waals surface area contributed by atoms with Crippen LogP contribution in [0.3, 0.4) is 0 Å². The van der Waals surface area contributed by atoms with E-state index in [1.807, 2.05) is 0 Å². The fourth-order valence-electron chi connectivity index (χ4n) is 3.24. The molecule has 0 aliphatic rings. The fraction of sp³-hybridized carbons (Fsp3) is 0.0476. The van der Waals surface area contributed by atoms with Crippen molar-refractivity contribution in [3.63, 3.8) is 0 Å². The zero-order chi connectivity index (χ0) is 22.3. The highest BCUT2D eigenvalue weighted by Crippen LogP contribution is 2.39. The van der Waals surface area contributed by atoms with Crippen LogP contribution in [-0.2, 0) is 9.84 Å². The number of benzene rings is 2. The molecular weight excluding hydrogens is 433 g/mol. The van der Waals surface area contributed by atoms with Crippen LogP contribution in [-0.4, -0.2) is 19.3 Å². The Morgan fingerprint density at radius 3 is 2.42 bits per heavy atom. The third-order valence-electron chi connectivity index (χ3n) is 4.75. The number of primary amides is 1. The summed E-state index contributed by atoms with van der Waals surface area (Å²) < 4.78 is 75.5. The van der Waals surface area contributed by atoms with Crippen molar-refractivity contribution in [2.75, 3.05) is 0 Å². The molecule has 2 aromatic heterocycles. The summed E-state index contributed by atoms with van der Waals surface area (Å²) in [6, 6.07) is 8.99. The van der Waals surface area contributed by atoms with E-state index in [1.165, 1.54) is 24.5 Å². The molecule has 0 aliphatic heterocycles. The molecule has 0 saturated heterocycles. The Balaban J connectivity index is 1.98. The van der Waals surface area contributed by atoms with E-state index in [1.54, 1.807) is 6.07 Å². The van der Waals surface area contributed by atoms with Crippen LogP contribution in [0.4, 0.5) is 13.2 Å². The molecular formula is C21H13F3N2O4S. The molecule has 158 valence electrons. The van der Waals surface area contributed by atoms with E-state index >= 15 is 0 Å². The maximum atomic E-state index is 14.7. The molecule has 0 radical (unpaired) electrons. The molecule has 1 amide bonds. The number of hydrogen-bond acceptors (Lipinski definition) is 5. The van der Waals surface area contributed by atoms with E-state index in [0.29, 0.717) is 17.5 Å². The molecule has 1 unspecified atom stereocenters. The first-order valence-electron chi connectivity index (χ1n) is 8.80. The Bertz CT molecular complexity index is 1420.